The van der Waals surface area contributed by atoms with Crippen LogP contribution >= 0.6 is 11.3 Å². The molecule has 0 aliphatic heterocycles. The summed E-state index contributed by atoms with van der Waals surface area (Å²) in [5.41, 5.74) is 0.457. The number of nitrogens with zero attached hydrogens (tertiary/aromatic N) is 1. The summed E-state index contributed by atoms with van der Waals surface area (Å²) in [4.78, 5) is 15.7. The van der Waals surface area contributed by atoms with E-state index in [0.29, 0.717) is 16.6 Å². The second-order valence-electron chi connectivity index (χ2n) is 4.45. The van der Waals surface area contributed by atoms with Crippen molar-refractivity contribution in [2.75, 3.05) is 5.32 Å². The number of anilines is 1. The lowest BCUT2D eigenvalue weighted by Crippen LogP contribution is -2.19. The summed E-state index contributed by atoms with van der Waals surface area (Å²) in [5, 5.41) is 2.69. The highest BCUT2D eigenvalue weighted by molar-refractivity contribution is 7.22. The van der Waals surface area contributed by atoms with Gasteiger partial charge in [-0.15, -0.1) is 13.2 Å². The summed E-state index contributed by atoms with van der Waals surface area (Å²) >= 11 is 1.03. The van der Waals surface area contributed by atoms with Crippen molar-refractivity contribution in [2.24, 2.45) is 0 Å². The Morgan fingerprint density at radius 1 is 1.45 bits per heavy atom. The maximum Gasteiger partial charge on any atom is 0.573 e. The Morgan fingerprint density at radius 2 is 2.18 bits per heavy atom. The highest BCUT2D eigenvalue weighted by Gasteiger charge is 2.31. The van der Waals surface area contributed by atoms with Gasteiger partial charge in [-0.05, 0) is 25.5 Å². The van der Waals surface area contributed by atoms with Gasteiger partial charge in [0, 0.05) is 6.07 Å². The van der Waals surface area contributed by atoms with E-state index in [4.69, 9.17) is 4.74 Å². The second-order valence-corrected chi connectivity index (χ2v) is 5.48. The average molecular weight is 334 g/mol. The van der Waals surface area contributed by atoms with Gasteiger partial charge in [0.1, 0.15) is 11.9 Å². The largest absolute Gasteiger partial charge is 0.573 e. The molecule has 9 heteroatoms. The Balaban J connectivity index is 2.11. The highest BCUT2D eigenvalue weighted by Crippen LogP contribution is 2.31. The van der Waals surface area contributed by atoms with Crippen molar-refractivity contribution >= 4 is 32.8 Å². The molecule has 1 aromatic carbocycles. The van der Waals surface area contributed by atoms with Crippen molar-refractivity contribution in [3.63, 3.8) is 0 Å². The number of thiazole rings is 1. The molecule has 0 bridgehead atoms. The molecule has 1 N–H and O–H groups in total. The molecular weight excluding hydrogens is 321 g/mol. The number of alkyl halides is 3. The number of hydrogen-bond acceptors (Lipinski definition) is 5. The van der Waals surface area contributed by atoms with Crippen LogP contribution in [-0.2, 0) is 4.74 Å². The Morgan fingerprint density at radius 3 is 2.82 bits per heavy atom. The molecule has 1 heterocycles. The molecule has 5 nitrogen and oxygen atoms in total. The van der Waals surface area contributed by atoms with E-state index in [-0.39, 0.29) is 17.0 Å². The molecule has 0 saturated heterocycles. The van der Waals surface area contributed by atoms with Gasteiger partial charge in [-0.3, -0.25) is 5.32 Å². The number of hydrogen-bond donors (Lipinski definition) is 1. The number of aromatic nitrogens is 1. The molecule has 0 fully saturated rings. The number of carbonyl (C=O) groups is 1. The first kappa shape index (κ1) is 16.3. The van der Waals surface area contributed by atoms with Gasteiger partial charge in [0.25, 0.3) is 0 Å². The number of nitrogens with one attached hydrogen (secondary N) is 1. The summed E-state index contributed by atoms with van der Waals surface area (Å²) < 4.78 is 45.8. The Labute approximate surface area is 128 Å². The zero-order valence-electron chi connectivity index (χ0n) is 11.7. The lowest BCUT2D eigenvalue weighted by atomic mass is 10.3. The zero-order chi connectivity index (χ0) is 16.3. The van der Waals surface area contributed by atoms with E-state index in [1.54, 1.807) is 6.92 Å². The van der Waals surface area contributed by atoms with Crippen LogP contribution in [0.3, 0.4) is 0 Å². The first-order valence-corrected chi connectivity index (χ1v) is 7.22. The van der Waals surface area contributed by atoms with Crippen molar-refractivity contribution in [2.45, 2.75) is 32.7 Å². The molecule has 0 aliphatic rings. The van der Waals surface area contributed by atoms with Gasteiger partial charge in [0.2, 0.25) is 0 Å². The van der Waals surface area contributed by atoms with Gasteiger partial charge in [0.15, 0.2) is 5.13 Å². The fraction of sp³-hybridized carbons (Fsp3) is 0.385. The molecule has 1 unspecified atom stereocenters. The van der Waals surface area contributed by atoms with E-state index in [1.807, 2.05) is 6.92 Å². The van der Waals surface area contributed by atoms with E-state index >= 15 is 0 Å². The van der Waals surface area contributed by atoms with E-state index < -0.39 is 12.5 Å². The van der Waals surface area contributed by atoms with Crippen LogP contribution in [0.2, 0.25) is 0 Å². The third-order valence-corrected chi connectivity index (χ3v) is 3.62. The third kappa shape index (κ3) is 4.48. The van der Waals surface area contributed by atoms with Gasteiger partial charge >= 0.3 is 12.5 Å². The number of fused-ring (bicyclic) bond motifs is 1. The van der Waals surface area contributed by atoms with Crippen LogP contribution < -0.4 is 10.1 Å². The third-order valence-electron chi connectivity index (χ3n) is 2.69. The molecular formula is C13H13F3N2O3S. The maximum absolute atomic E-state index is 12.2. The quantitative estimate of drug-likeness (QED) is 0.891. The van der Waals surface area contributed by atoms with E-state index in [2.05, 4.69) is 15.0 Å². The molecule has 1 aromatic heterocycles. The fourth-order valence-electron chi connectivity index (χ4n) is 1.54. The van der Waals surface area contributed by atoms with Crippen LogP contribution in [0.15, 0.2) is 18.2 Å². The van der Waals surface area contributed by atoms with Crippen molar-refractivity contribution in [1.82, 2.24) is 4.98 Å². The van der Waals surface area contributed by atoms with E-state index in [9.17, 15) is 18.0 Å². The van der Waals surface area contributed by atoms with Crippen molar-refractivity contribution < 1.29 is 27.4 Å². The summed E-state index contributed by atoms with van der Waals surface area (Å²) in [6.07, 6.45) is -4.97. The van der Waals surface area contributed by atoms with Gasteiger partial charge < -0.3 is 9.47 Å². The predicted molar refractivity (Wildman–Crippen MR) is 76.2 cm³/mol. The Kier molecular flexibility index (Phi) is 4.74. The molecule has 0 spiro atoms. The van der Waals surface area contributed by atoms with Gasteiger partial charge in [0.05, 0.1) is 10.2 Å². The highest BCUT2D eigenvalue weighted by atomic mass is 32.1. The summed E-state index contributed by atoms with van der Waals surface area (Å²) in [5.74, 6) is -0.336. The summed E-state index contributed by atoms with van der Waals surface area (Å²) in [7, 11) is 0. The van der Waals surface area contributed by atoms with Crippen molar-refractivity contribution in [3.05, 3.63) is 18.2 Å². The molecule has 1 amide bonds. The Hall–Kier alpha value is -2.03. The van der Waals surface area contributed by atoms with Crippen LogP contribution in [-0.4, -0.2) is 23.5 Å². The minimum atomic E-state index is -4.75. The van der Waals surface area contributed by atoms with Crippen molar-refractivity contribution in [1.29, 1.82) is 0 Å². The minimum Gasteiger partial charge on any atom is -0.446 e. The monoisotopic (exact) mass is 334 g/mol. The number of benzene rings is 1. The molecule has 2 rings (SSSR count). The molecule has 120 valence electrons. The van der Waals surface area contributed by atoms with Gasteiger partial charge in [-0.25, -0.2) is 9.78 Å². The van der Waals surface area contributed by atoms with Crippen LogP contribution in [0.1, 0.15) is 20.3 Å². The molecule has 0 aliphatic carbocycles. The average Bonchev–Trinajstić information content (AvgIpc) is 2.77. The first-order chi connectivity index (χ1) is 10.3. The smallest absolute Gasteiger partial charge is 0.446 e. The summed E-state index contributed by atoms with van der Waals surface area (Å²) in [6, 6.07) is 3.76. The fourth-order valence-corrected chi connectivity index (χ4v) is 2.42. The maximum atomic E-state index is 12.2. The number of halogens is 3. The second kappa shape index (κ2) is 6.39. The molecule has 2 aromatic rings. The molecule has 0 radical (unpaired) electrons. The topological polar surface area (TPSA) is 60.5 Å². The molecule has 0 saturated carbocycles. The predicted octanol–water partition coefficient (Wildman–Crippen LogP) is 4.54. The van der Waals surface area contributed by atoms with E-state index in [1.165, 1.54) is 12.1 Å². The number of amides is 1. The summed E-state index contributed by atoms with van der Waals surface area (Å²) in [6.45, 7) is 3.62. The minimum absolute atomic E-state index is 0.235. The lowest BCUT2D eigenvalue weighted by molar-refractivity contribution is -0.274. The normalized spacial score (nSPS) is 13.0. The van der Waals surface area contributed by atoms with Crippen molar-refractivity contribution in [3.8, 4) is 5.75 Å². The van der Waals surface area contributed by atoms with Gasteiger partial charge in [-0.1, -0.05) is 18.3 Å². The van der Waals surface area contributed by atoms with Crippen LogP contribution in [0.4, 0.5) is 23.1 Å². The SMILES string of the molecule is CCC(C)OC(=O)Nc1nc2ccc(OC(F)(F)F)cc2s1. The van der Waals surface area contributed by atoms with E-state index in [0.717, 1.165) is 17.4 Å². The Bertz CT molecular complexity index is 672. The zero-order valence-corrected chi connectivity index (χ0v) is 12.5. The van der Waals surface area contributed by atoms with Crippen LogP contribution in [0.25, 0.3) is 10.2 Å². The first-order valence-electron chi connectivity index (χ1n) is 6.41. The number of carbonyl (C=O) groups excluding carboxylic acids is 1. The van der Waals surface area contributed by atoms with Crippen LogP contribution in [0, 0.1) is 0 Å². The molecule has 1 atom stereocenters. The number of ether oxygens (including phenoxy) is 2. The lowest BCUT2D eigenvalue weighted by Gasteiger charge is -2.09. The molecule has 22 heavy (non-hydrogen) atoms. The van der Waals surface area contributed by atoms with Gasteiger partial charge in [-0.2, -0.15) is 0 Å². The number of rotatable bonds is 4. The van der Waals surface area contributed by atoms with Crippen LogP contribution in [0.5, 0.6) is 5.75 Å². The standard InChI is InChI=1S/C13H13F3N2O3S/c1-3-7(2)20-12(19)18-11-17-9-5-4-8(6-10(9)22-11)21-13(14,15)16/h4-7H,3H2,1-2H3,(H,17,18,19).